The molecule has 52 heavy (non-hydrogen) atoms. The number of carbonyl (C=O) groups is 3. The molecule has 2 aromatic rings. The minimum atomic E-state index is -0.284. The average Bonchev–Trinajstić information content (AvgIpc) is 3.64. The summed E-state index contributed by atoms with van der Waals surface area (Å²) in [5.74, 6) is 1.15. The van der Waals surface area contributed by atoms with E-state index in [1.54, 1.807) is 52.0 Å². The van der Waals surface area contributed by atoms with Crippen LogP contribution in [0.4, 0.5) is 11.4 Å². The molecule has 6 rings (SSSR count). The first-order valence-electron chi connectivity index (χ1n) is 17.6. The largest absolute Gasteiger partial charge is 0.493 e. The highest BCUT2D eigenvalue weighted by molar-refractivity contribution is 6.04. The van der Waals surface area contributed by atoms with Crippen molar-refractivity contribution in [3.8, 4) is 17.2 Å². The molecule has 272 valence electrons. The summed E-state index contributed by atoms with van der Waals surface area (Å²) in [6.45, 7) is 12.4. The standard InChI is InChI=1S/C38H44N7O7/c1-24-14-27-20-40-31-18-35(34(49-4)17-29(31)37(47)43(27)21-24)52-11-7-5-6-10-51-33-19-32-30(16-26(33)3)38(48)44-22-25(2)15-28(44)23-45(32)36(46)8-12-50-13-9-41-42-39/h16-20,23,27-28H,1-2,5-15,21-22H2,3-4H3/q+1/t27-,28-/m0/s1. The Morgan fingerprint density at radius 3 is 2.35 bits per heavy atom. The molecule has 4 heterocycles. The maximum atomic E-state index is 13.7. The number of aryl methyl sites for hydroxylation is 1. The summed E-state index contributed by atoms with van der Waals surface area (Å²) in [5, 5.41) is 3.44. The van der Waals surface area contributed by atoms with Crippen LogP contribution >= 0.6 is 0 Å². The lowest BCUT2D eigenvalue weighted by Gasteiger charge is -2.20. The fraction of sp³-hybridized carbons (Fsp3) is 0.447. The second kappa shape index (κ2) is 16.3. The molecule has 4 aliphatic rings. The van der Waals surface area contributed by atoms with E-state index < -0.39 is 0 Å². The Hall–Kier alpha value is -5.46. The number of hydrogen-bond donors (Lipinski definition) is 0. The number of carbonyl (C=O) groups excluding carboxylic acids is 3. The van der Waals surface area contributed by atoms with E-state index >= 15 is 0 Å². The first-order chi connectivity index (χ1) is 25.2. The van der Waals surface area contributed by atoms with E-state index in [-0.39, 0.29) is 56.0 Å². The van der Waals surface area contributed by atoms with Gasteiger partial charge in [-0.05, 0) is 62.3 Å². The predicted molar refractivity (Wildman–Crippen MR) is 195 cm³/mol. The van der Waals surface area contributed by atoms with Crippen LogP contribution in [0.2, 0.25) is 0 Å². The van der Waals surface area contributed by atoms with Crippen LogP contribution in [-0.2, 0) is 9.53 Å². The number of fused-ring (bicyclic) bond motifs is 4. The van der Waals surface area contributed by atoms with E-state index in [0.29, 0.717) is 78.9 Å². The lowest BCUT2D eigenvalue weighted by molar-refractivity contribution is -0.365. The molecular weight excluding hydrogens is 666 g/mol. The molecule has 2 fully saturated rings. The maximum absolute atomic E-state index is 13.7. The minimum absolute atomic E-state index is 0.0818. The van der Waals surface area contributed by atoms with Gasteiger partial charge >= 0.3 is 5.91 Å². The molecule has 14 heteroatoms. The predicted octanol–water partition coefficient (Wildman–Crippen LogP) is 5.86. The van der Waals surface area contributed by atoms with Gasteiger partial charge in [0.1, 0.15) is 17.4 Å². The summed E-state index contributed by atoms with van der Waals surface area (Å²) < 4.78 is 24.9. The van der Waals surface area contributed by atoms with E-state index in [1.807, 2.05) is 13.1 Å². The Bertz CT molecular complexity index is 1900. The summed E-state index contributed by atoms with van der Waals surface area (Å²) in [7, 11) is 1.55. The highest BCUT2D eigenvalue weighted by Crippen LogP contribution is 2.39. The molecule has 2 aromatic carbocycles. The van der Waals surface area contributed by atoms with E-state index in [4.69, 9.17) is 24.5 Å². The average molecular weight is 711 g/mol. The van der Waals surface area contributed by atoms with Crippen LogP contribution in [0.3, 0.4) is 0 Å². The fourth-order valence-electron chi connectivity index (χ4n) is 6.89. The molecule has 2 saturated heterocycles. The molecule has 14 nitrogen and oxygen atoms in total. The third-order valence-electron chi connectivity index (χ3n) is 9.54. The second-order valence-corrected chi connectivity index (χ2v) is 13.3. The summed E-state index contributed by atoms with van der Waals surface area (Å²) >= 11 is 0. The summed E-state index contributed by atoms with van der Waals surface area (Å²) in [6, 6.07) is 6.66. The van der Waals surface area contributed by atoms with Gasteiger partial charge < -0.3 is 28.7 Å². The summed E-state index contributed by atoms with van der Waals surface area (Å²) in [5.41, 5.74) is 13.1. The van der Waals surface area contributed by atoms with E-state index in [1.165, 1.54) is 0 Å². The zero-order valence-corrected chi connectivity index (χ0v) is 29.7. The van der Waals surface area contributed by atoms with Gasteiger partial charge in [-0.3, -0.25) is 14.6 Å². The highest BCUT2D eigenvalue weighted by Gasteiger charge is 2.41. The Kier molecular flexibility index (Phi) is 11.4. The van der Waals surface area contributed by atoms with Gasteiger partial charge in [-0.2, -0.15) is 0 Å². The molecule has 0 N–H and O–H groups in total. The van der Waals surface area contributed by atoms with Gasteiger partial charge in [0.25, 0.3) is 11.8 Å². The van der Waals surface area contributed by atoms with Gasteiger partial charge in [0.15, 0.2) is 17.7 Å². The minimum Gasteiger partial charge on any atom is -0.493 e. The van der Waals surface area contributed by atoms with E-state index in [0.717, 1.165) is 36.0 Å². The Balaban J connectivity index is 1.05. The monoisotopic (exact) mass is 710 g/mol. The van der Waals surface area contributed by atoms with Gasteiger partial charge in [-0.15, -0.1) is 4.58 Å². The molecule has 0 aromatic heterocycles. The van der Waals surface area contributed by atoms with Gasteiger partial charge in [0.2, 0.25) is 5.69 Å². The molecule has 2 atom stereocenters. The molecule has 3 amide bonds. The van der Waals surface area contributed by atoms with Crippen LogP contribution in [0.15, 0.2) is 58.7 Å². The van der Waals surface area contributed by atoms with Crippen molar-refractivity contribution in [2.45, 2.75) is 57.5 Å². The molecule has 0 bridgehead atoms. The number of aliphatic imine (C=N–C) groups is 1. The van der Waals surface area contributed by atoms with Crippen LogP contribution in [0.5, 0.6) is 17.2 Å². The molecule has 0 unspecified atom stereocenters. The lowest BCUT2D eigenvalue weighted by Crippen LogP contribution is -2.36. The molecule has 0 spiro atoms. The van der Waals surface area contributed by atoms with Crippen molar-refractivity contribution >= 4 is 41.5 Å². The van der Waals surface area contributed by atoms with Crippen LogP contribution in [0.25, 0.3) is 10.4 Å². The highest BCUT2D eigenvalue weighted by atomic mass is 16.5. The first kappa shape index (κ1) is 36.3. The lowest BCUT2D eigenvalue weighted by atomic mass is 10.1. The third-order valence-corrected chi connectivity index (χ3v) is 9.54. The van der Waals surface area contributed by atoms with Crippen LogP contribution in [0, 0.1) is 6.92 Å². The Labute approximate surface area is 302 Å². The summed E-state index contributed by atoms with van der Waals surface area (Å²) in [6.07, 6.45) is 7.32. The zero-order valence-electron chi connectivity index (χ0n) is 29.7. The van der Waals surface area contributed by atoms with Crippen LogP contribution < -0.4 is 14.2 Å². The second-order valence-electron chi connectivity index (χ2n) is 13.3. The van der Waals surface area contributed by atoms with Crippen molar-refractivity contribution in [2.24, 2.45) is 10.1 Å². The third kappa shape index (κ3) is 7.88. The number of amides is 3. The number of ether oxygens (including phenoxy) is 4. The normalized spacial score (nSPS) is 18.8. The van der Waals surface area contributed by atoms with Crippen molar-refractivity contribution in [3.05, 3.63) is 75.7 Å². The number of benzene rings is 2. The smallest absolute Gasteiger partial charge is 0.394 e. The van der Waals surface area contributed by atoms with Crippen LogP contribution in [0.1, 0.15) is 64.8 Å². The number of unbranched alkanes of at least 4 members (excludes halogenated alkanes) is 2. The molecule has 0 aliphatic carbocycles. The molecule has 4 aliphatic heterocycles. The van der Waals surface area contributed by atoms with Gasteiger partial charge in [0, 0.05) is 36.8 Å². The maximum Gasteiger partial charge on any atom is 0.394 e. The van der Waals surface area contributed by atoms with Crippen LogP contribution in [-0.4, -0.2) is 110 Å². The van der Waals surface area contributed by atoms with Gasteiger partial charge in [-0.25, -0.2) is 4.79 Å². The van der Waals surface area contributed by atoms with Crippen molar-refractivity contribution in [1.29, 1.82) is 0 Å². The SMILES string of the molecule is C=C1C[C@H]2C=Nc3cc(OCCCCCOc4cc5c(cc4C)C(=O)N4CC(=C)C[C@H]4C=[N+]5C(=O)CCOCCN=[N+]=[N-])c(OC)cc3C(=O)N2C1. The van der Waals surface area contributed by atoms with Crippen molar-refractivity contribution < 1.29 is 37.9 Å². The number of azide groups is 1. The van der Waals surface area contributed by atoms with E-state index in [9.17, 15) is 14.4 Å². The topological polar surface area (TPSA) is 159 Å². The number of hydrogen-bond acceptors (Lipinski definition) is 9. The molecule has 0 radical (unpaired) electrons. The first-order valence-corrected chi connectivity index (χ1v) is 17.6. The molecule has 0 saturated carbocycles. The van der Waals surface area contributed by atoms with Crippen molar-refractivity contribution in [2.75, 3.05) is 53.2 Å². The number of nitrogens with zero attached hydrogens (tertiary/aromatic N) is 7. The zero-order chi connectivity index (χ0) is 36.8. The number of rotatable bonds is 15. The fourth-order valence-corrected chi connectivity index (χ4v) is 6.89. The summed E-state index contributed by atoms with van der Waals surface area (Å²) in [4.78, 5) is 51.3. The van der Waals surface area contributed by atoms with Crippen molar-refractivity contribution in [3.63, 3.8) is 0 Å². The van der Waals surface area contributed by atoms with E-state index in [2.05, 4.69) is 28.2 Å². The quantitative estimate of drug-likeness (QED) is 0.0559. The van der Waals surface area contributed by atoms with Gasteiger partial charge in [-0.1, -0.05) is 29.4 Å². The number of methoxy groups -OCH3 is 1. The Morgan fingerprint density at radius 1 is 0.923 bits per heavy atom. The van der Waals surface area contributed by atoms with Crippen molar-refractivity contribution in [1.82, 2.24) is 9.80 Å². The Morgan fingerprint density at radius 2 is 1.62 bits per heavy atom. The van der Waals surface area contributed by atoms with Gasteiger partial charge in [0.05, 0.1) is 63.3 Å². The molecular formula is C38H44N7O7+.